The minimum absolute atomic E-state index is 0.408. The van der Waals surface area contributed by atoms with Crippen LogP contribution in [-0.2, 0) is 0 Å². The van der Waals surface area contributed by atoms with E-state index in [1.807, 2.05) is 6.07 Å². The third-order valence-electron chi connectivity index (χ3n) is 3.32. The molecule has 0 fully saturated rings. The SMILES string of the molecule is CCCNC(CC(C)CC)c1ccc(Br)c(Cl)c1. The van der Waals surface area contributed by atoms with Crippen LogP contribution in [0.1, 0.15) is 51.6 Å². The van der Waals surface area contributed by atoms with E-state index < -0.39 is 0 Å². The second kappa shape index (κ2) is 8.19. The van der Waals surface area contributed by atoms with Crippen LogP contribution >= 0.6 is 27.5 Å². The Kier molecular flexibility index (Phi) is 7.28. The molecule has 2 unspecified atom stereocenters. The fourth-order valence-corrected chi connectivity index (χ4v) is 2.39. The van der Waals surface area contributed by atoms with Crippen LogP contribution in [0.3, 0.4) is 0 Å². The lowest BCUT2D eigenvalue weighted by atomic mass is 9.94. The van der Waals surface area contributed by atoms with E-state index in [-0.39, 0.29) is 0 Å². The van der Waals surface area contributed by atoms with Gasteiger partial charge in [0.05, 0.1) is 5.02 Å². The molecule has 0 bridgehead atoms. The first-order valence-corrected chi connectivity index (χ1v) is 7.93. The molecule has 0 aliphatic rings. The highest BCUT2D eigenvalue weighted by Crippen LogP contribution is 2.29. The van der Waals surface area contributed by atoms with Crippen LogP contribution in [0.4, 0.5) is 0 Å². The van der Waals surface area contributed by atoms with E-state index in [0.29, 0.717) is 6.04 Å². The number of halogens is 2. The molecule has 0 saturated heterocycles. The third-order valence-corrected chi connectivity index (χ3v) is 4.55. The predicted octanol–water partition coefficient (Wildman–Crippen LogP) is 5.58. The van der Waals surface area contributed by atoms with E-state index in [2.05, 4.69) is 54.2 Å². The Morgan fingerprint density at radius 3 is 2.61 bits per heavy atom. The van der Waals surface area contributed by atoms with Gasteiger partial charge in [0, 0.05) is 10.5 Å². The van der Waals surface area contributed by atoms with Gasteiger partial charge in [0.1, 0.15) is 0 Å². The number of hydrogen-bond donors (Lipinski definition) is 1. The first-order valence-electron chi connectivity index (χ1n) is 6.76. The van der Waals surface area contributed by atoms with Gasteiger partial charge in [-0.25, -0.2) is 0 Å². The summed E-state index contributed by atoms with van der Waals surface area (Å²) < 4.78 is 0.964. The summed E-state index contributed by atoms with van der Waals surface area (Å²) in [4.78, 5) is 0. The Labute approximate surface area is 124 Å². The number of nitrogens with one attached hydrogen (secondary N) is 1. The van der Waals surface area contributed by atoms with Crippen molar-refractivity contribution in [1.29, 1.82) is 0 Å². The van der Waals surface area contributed by atoms with Crippen molar-refractivity contribution in [1.82, 2.24) is 5.32 Å². The molecule has 1 N–H and O–H groups in total. The van der Waals surface area contributed by atoms with Crippen molar-refractivity contribution in [3.8, 4) is 0 Å². The molecule has 18 heavy (non-hydrogen) atoms. The molecule has 0 aromatic heterocycles. The molecule has 1 rings (SSSR count). The summed E-state index contributed by atoms with van der Waals surface area (Å²) in [5, 5.41) is 4.42. The molecular weight excluding hydrogens is 310 g/mol. The zero-order valence-electron chi connectivity index (χ0n) is 11.5. The monoisotopic (exact) mass is 331 g/mol. The minimum Gasteiger partial charge on any atom is -0.310 e. The van der Waals surface area contributed by atoms with Crippen LogP contribution in [0, 0.1) is 5.92 Å². The van der Waals surface area contributed by atoms with Gasteiger partial charge in [-0.15, -0.1) is 0 Å². The van der Waals surface area contributed by atoms with E-state index in [9.17, 15) is 0 Å². The van der Waals surface area contributed by atoms with Crippen LogP contribution < -0.4 is 5.32 Å². The van der Waals surface area contributed by atoms with E-state index in [4.69, 9.17) is 11.6 Å². The summed E-state index contributed by atoms with van der Waals surface area (Å²) in [6, 6.07) is 6.67. The molecule has 0 amide bonds. The normalized spacial score (nSPS) is 14.5. The molecule has 3 heteroatoms. The molecule has 0 spiro atoms. The zero-order valence-corrected chi connectivity index (χ0v) is 13.8. The maximum atomic E-state index is 6.19. The van der Waals surface area contributed by atoms with Crippen molar-refractivity contribution in [3.05, 3.63) is 33.3 Å². The molecule has 1 aromatic rings. The Bertz CT molecular complexity index is 368. The van der Waals surface area contributed by atoms with Gasteiger partial charge in [-0.1, -0.05) is 44.9 Å². The lowest BCUT2D eigenvalue weighted by Gasteiger charge is -2.22. The lowest BCUT2D eigenvalue weighted by molar-refractivity contribution is 0.402. The van der Waals surface area contributed by atoms with E-state index in [1.54, 1.807) is 0 Å². The van der Waals surface area contributed by atoms with Crippen molar-refractivity contribution in [2.45, 2.75) is 46.1 Å². The molecule has 0 aliphatic heterocycles. The summed E-state index contributed by atoms with van der Waals surface area (Å²) in [6.07, 6.45) is 3.53. The second-order valence-corrected chi connectivity index (χ2v) is 6.19. The molecular formula is C15H23BrClN. The molecule has 0 heterocycles. The molecule has 0 saturated carbocycles. The fourth-order valence-electron chi connectivity index (χ4n) is 1.95. The molecule has 0 aliphatic carbocycles. The molecule has 1 aromatic carbocycles. The lowest BCUT2D eigenvalue weighted by Crippen LogP contribution is -2.24. The number of benzene rings is 1. The Balaban J connectivity index is 2.82. The highest BCUT2D eigenvalue weighted by molar-refractivity contribution is 9.10. The van der Waals surface area contributed by atoms with Crippen LogP contribution in [0.25, 0.3) is 0 Å². The summed E-state index contributed by atoms with van der Waals surface area (Å²) in [6.45, 7) is 7.80. The van der Waals surface area contributed by atoms with E-state index in [1.165, 1.54) is 12.0 Å². The van der Waals surface area contributed by atoms with E-state index >= 15 is 0 Å². The van der Waals surface area contributed by atoms with E-state index in [0.717, 1.165) is 34.8 Å². The Hall–Kier alpha value is -0.0500. The first kappa shape index (κ1) is 16.0. The van der Waals surface area contributed by atoms with Gasteiger partial charge in [0.25, 0.3) is 0 Å². The van der Waals surface area contributed by atoms with Crippen molar-refractivity contribution in [2.75, 3.05) is 6.54 Å². The predicted molar refractivity (Wildman–Crippen MR) is 84.3 cm³/mol. The largest absolute Gasteiger partial charge is 0.310 e. The number of rotatable bonds is 7. The molecule has 1 nitrogen and oxygen atoms in total. The maximum Gasteiger partial charge on any atom is 0.0551 e. The van der Waals surface area contributed by atoms with Crippen molar-refractivity contribution in [3.63, 3.8) is 0 Å². The maximum absolute atomic E-state index is 6.19. The second-order valence-electron chi connectivity index (χ2n) is 4.93. The van der Waals surface area contributed by atoms with Crippen LogP contribution in [-0.4, -0.2) is 6.54 Å². The fraction of sp³-hybridized carbons (Fsp3) is 0.600. The Morgan fingerprint density at radius 1 is 1.33 bits per heavy atom. The van der Waals surface area contributed by atoms with Gasteiger partial charge in [0.2, 0.25) is 0 Å². The highest BCUT2D eigenvalue weighted by atomic mass is 79.9. The molecule has 2 atom stereocenters. The van der Waals surface area contributed by atoms with Crippen LogP contribution in [0.2, 0.25) is 5.02 Å². The van der Waals surface area contributed by atoms with Crippen molar-refractivity contribution in [2.24, 2.45) is 5.92 Å². The summed E-state index contributed by atoms with van der Waals surface area (Å²) in [5.41, 5.74) is 1.29. The average molecular weight is 333 g/mol. The van der Waals surface area contributed by atoms with Gasteiger partial charge >= 0.3 is 0 Å². The summed E-state index contributed by atoms with van der Waals surface area (Å²) in [5.74, 6) is 0.724. The molecule has 102 valence electrons. The number of hydrogen-bond acceptors (Lipinski definition) is 1. The minimum atomic E-state index is 0.408. The first-order chi connectivity index (χ1) is 8.58. The van der Waals surface area contributed by atoms with Crippen LogP contribution in [0.5, 0.6) is 0 Å². The zero-order chi connectivity index (χ0) is 13.5. The Morgan fingerprint density at radius 2 is 2.06 bits per heavy atom. The highest BCUT2D eigenvalue weighted by Gasteiger charge is 2.14. The topological polar surface area (TPSA) is 12.0 Å². The van der Waals surface area contributed by atoms with Crippen molar-refractivity contribution < 1.29 is 0 Å². The molecule has 0 radical (unpaired) electrons. The smallest absolute Gasteiger partial charge is 0.0551 e. The standard InChI is InChI=1S/C15H23BrClN/c1-4-8-18-15(9-11(3)5-2)12-6-7-13(16)14(17)10-12/h6-7,10-11,15,18H,4-5,8-9H2,1-3H3. The van der Waals surface area contributed by atoms with Gasteiger partial charge in [-0.05, 0) is 58.9 Å². The quantitative estimate of drug-likeness (QED) is 0.687. The van der Waals surface area contributed by atoms with Gasteiger partial charge in [-0.3, -0.25) is 0 Å². The van der Waals surface area contributed by atoms with Gasteiger partial charge in [-0.2, -0.15) is 0 Å². The average Bonchev–Trinajstić information content (AvgIpc) is 2.37. The van der Waals surface area contributed by atoms with Crippen molar-refractivity contribution >= 4 is 27.5 Å². The summed E-state index contributed by atoms with van der Waals surface area (Å²) in [7, 11) is 0. The van der Waals surface area contributed by atoms with Crippen LogP contribution in [0.15, 0.2) is 22.7 Å². The third kappa shape index (κ3) is 4.91. The van der Waals surface area contributed by atoms with Gasteiger partial charge in [0.15, 0.2) is 0 Å². The summed E-state index contributed by atoms with van der Waals surface area (Å²) >= 11 is 9.63. The van der Waals surface area contributed by atoms with Gasteiger partial charge < -0.3 is 5.32 Å².